The van der Waals surface area contributed by atoms with E-state index < -0.39 is 0 Å². The summed E-state index contributed by atoms with van der Waals surface area (Å²) in [4.78, 5) is 19.2. The summed E-state index contributed by atoms with van der Waals surface area (Å²) in [7, 11) is 0. The van der Waals surface area contributed by atoms with Crippen molar-refractivity contribution in [1.29, 1.82) is 0 Å². The summed E-state index contributed by atoms with van der Waals surface area (Å²) in [5.41, 5.74) is 4.50. The molecular weight excluding hydrogens is 406 g/mol. The van der Waals surface area contributed by atoms with Crippen molar-refractivity contribution in [2.24, 2.45) is 5.92 Å². The Hall–Kier alpha value is -2.93. The summed E-state index contributed by atoms with van der Waals surface area (Å²) in [6.07, 6.45) is 2.85. The number of carbonyl (C=O) groups excluding carboxylic acids is 1. The zero-order valence-corrected chi connectivity index (χ0v) is 18.9. The number of amides is 2. The second-order valence-corrected chi connectivity index (χ2v) is 9.02. The summed E-state index contributed by atoms with van der Waals surface area (Å²) < 4.78 is 4.56. The highest BCUT2D eigenvalue weighted by atomic mass is 32.1. The predicted molar refractivity (Wildman–Crippen MR) is 127 cm³/mol. The molecule has 0 saturated carbocycles. The first-order valence-electron chi connectivity index (χ1n) is 10.8. The molecule has 0 aliphatic carbocycles. The van der Waals surface area contributed by atoms with E-state index in [4.69, 9.17) is 4.98 Å². The van der Waals surface area contributed by atoms with Crippen LogP contribution in [0.25, 0.3) is 0 Å². The van der Waals surface area contributed by atoms with Crippen molar-refractivity contribution in [3.05, 3.63) is 71.0 Å². The molecular formula is C24H29N5OS. The Balaban J connectivity index is 1.21. The highest BCUT2D eigenvalue weighted by molar-refractivity contribution is 7.09. The van der Waals surface area contributed by atoms with Crippen LogP contribution in [0.5, 0.6) is 0 Å². The minimum Gasteiger partial charge on any atom is -0.347 e. The van der Waals surface area contributed by atoms with Crippen LogP contribution in [0.4, 0.5) is 15.6 Å². The van der Waals surface area contributed by atoms with Crippen LogP contribution < -0.4 is 15.5 Å². The van der Waals surface area contributed by atoms with Crippen LogP contribution in [0, 0.1) is 19.8 Å². The molecule has 1 aliphatic rings. The van der Waals surface area contributed by atoms with Crippen molar-refractivity contribution in [2.45, 2.75) is 33.1 Å². The maximum absolute atomic E-state index is 12.1. The molecule has 1 saturated heterocycles. The van der Waals surface area contributed by atoms with Gasteiger partial charge in [-0.1, -0.05) is 47.5 Å². The fourth-order valence-corrected chi connectivity index (χ4v) is 4.45. The molecule has 7 heteroatoms. The number of carbonyl (C=O) groups is 1. The SMILES string of the molecule is Cc1ccc(Cc2nsc(N3CCC(CNC(=O)Nc4ccc(C)cc4)CC3)n2)cc1. The van der Waals surface area contributed by atoms with E-state index in [1.54, 1.807) is 0 Å². The average molecular weight is 436 g/mol. The molecule has 1 aliphatic heterocycles. The van der Waals surface area contributed by atoms with Gasteiger partial charge in [-0.15, -0.1) is 0 Å². The fraction of sp³-hybridized carbons (Fsp3) is 0.375. The van der Waals surface area contributed by atoms with E-state index in [2.05, 4.69) is 51.1 Å². The number of aromatic nitrogens is 2. The van der Waals surface area contributed by atoms with Crippen LogP contribution in [0.3, 0.4) is 0 Å². The molecule has 0 bridgehead atoms. The molecule has 3 aromatic rings. The minimum atomic E-state index is -0.142. The topological polar surface area (TPSA) is 70.2 Å². The van der Waals surface area contributed by atoms with Crippen LogP contribution in [0.2, 0.25) is 0 Å². The van der Waals surface area contributed by atoms with Gasteiger partial charge >= 0.3 is 6.03 Å². The van der Waals surface area contributed by atoms with Gasteiger partial charge in [0.2, 0.25) is 5.13 Å². The van der Waals surface area contributed by atoms with E-state index in [0.29, 0.717) is 12.5 Å². The molecule has 0 unspecified atom stereocenters. The second-order valence-electron chi connectivity index (χ2n) is 8.29. The fourth-order valence-electron chi connectivity index (χ4n) is 3.71. The summed E-state index contributed by atoms with van der Waals surface area (Å²) in [6.45, 7) is 6.72. The highest BCUT2D eigenvalue weighted by Gasteiger charge is 2.22. The maximum Gasteiger partial charge on any atom is 0.319 e. The van der Waals surface area contributed by atoms with E-state index in [1.807, 2.05) is 31.2 Å². The molecule has 2 heterocycles. The molecule has 6 nitrogen and oxygen atoms in total. The number of urea groups is 1. The molecule has 162 valence electrons. The lowest BCUT2D eigenvalue weighted by Gasteiger charge is -2.31. The van der Waals surface area contributed by atoms with Crippen molar-refractivity contribution in [3.63, 3.8) is 0 Å². The Kier molecular flexibility index (Phi) is 6.82. The number of rotatable bonds is 6. The normalized spacial score (nSPS) is 14.5. The van der Waals surface area contributed by atoms with E-state index in [1.165, 1.54) is 28.2 Å². The first-order chi connectivity index (χ1) is 15.0. The van der Waals surface area contributed by atoms with Crippen LogP contribution in [-0.4, -0.2) is 35.0 Å². The van der Waals surface area contributed by atoms with E-state index in [-0.39, 0.29) is 6.03 Å². The molecule has 0 spiro atoms. The van der Waals surface area contributed by atoms with E-state index in [0.717, 1.165) is 49.0 Å². The molecule has 0 radical (unpaired) electrons. The van der Waals surface area contributed by atoms with Gasteiger partial charge in [-0.2, -0.15) is 4.37 Å². The third kappa shape index (κ3) is 6.04. The van der Waals surface area contributed by atoms with E-state index >= 15 is 0 Å². The van der Waals surface area contributed by atoms with Crippen molar-refractivity contribution >= 4 is 28.4 Å². The van der Waals surface area contributed by atoms with Crippen molar-refractivity contribution < 1.29 is 4.79 Å². The van der Waals surface area contributed by atoms with Gasteiger partial charge in [-0.3, -0.25) is 0 Å². The first-order valence-corrected chi connectivity index (χ1v) is 11.6. The zero-order chi connectivity index (χ0) is 21.6. The van der Waals surface area contributed by atoms with Crippen LogP contribution in [0.15, 0.2) is 48.5 Å². The molecule has 2 N–H and O–H groups in total. The Labute approximate surface area is 187 Å². The monoisotopic (exact) mass is 435 g/mol. The third-order valence-corrected chi connectivity index (χ3v) is 6.50. The third-order valence-electron chi connectivity index (χ3n) is 5.69. The molecule has 31 heavy (non-hydrogen) atoms. The number of piperidine rings is 1. The molecule has 0 atom stereocenters. The summed E-state index contributed by atoms with van der Waals surface area (Å²) in [5.74, 6) is 1.38. The lowest BCUT2D eigenvalue weighted by Crippen LogP contribution is -2.39. The average Bonchev–Trinajstić information content (AvgIpc) is 3.24. The zero-order valence-electron chi connectivity index (χ0n) is 18.1. The minimum absolute atomic E-state index is 0.142. The van der Waals surface area contributed by atoms with Gasteiger partial charge in [-0.25, -0.2) is 9.78 Å². The van der Waals surface area contributed by atoms with Gasteiger partial charge < -0.3 is 15.5 Å². The summed E-state index contributed by atoms with van der Waals surface area (Å²) in [6, 6.07) is 16.2. The van der Waals surface area contributed by atoms with Crippen LogP contribution in [-0.2, 0) is 6.42 Å². The van der Waals surface area contributed by atoms with Gasteiger partial charge in [0.15, 0.2) is 0 Å². The Morgan fingerprint density at radius 1 is 1.03 bits per heavy atom. The molecule has 2 aromatic carbocycles. The maximum atomic E-state index is 12.1. The molecule has 2 amide bonds. The van der Waals surface area contributed by atoms with Gasteiger partial charge in [0, 0.05) is 43.3 Å². The second kappa shape index (κ2) is 9.92. The molecule has 1 aromatic heterocycles. The molecule has 1 fully saturated rings. The van der Waals surface area contributed by atoms with Gasteiger partial charge in [0.25, 0.3) is 0 Å². The standard InChI is InChI=1S/C24H29N5OS/c1-17-3-7-19(8-4-17)15-22-27-24(31-28-22)29-13-11-20(12-14-29)16-25-23(30)26-21-9-5-18(2)6-10-21/h3-10,20H,11-16H2,1-2H3,(H2,25,26,30). The summed E-state index contributed by atoms with van der Waals surface area (Å²) in [5, 5.41) is 6.91. The quantitative estimate of drug-likeness (QED) is 0.584. The van der Waals surface area contributed by atoms with Gasteiger partial charge in [-0.05, 0) is 50.3 Å². The first kappa shape index (κ1) is 21.3. The Morgan fingerprint density at radius 3 is 2.35 bits per heavy atom. The Bertz CT molecular complexity index is 992. The number of nitrogens with one attached hydrogen (secondary N) is 2. The lowest BCUT2D eigenvalue weighted by atomic mass is 9.97. The van der Waals surface area contributed by atoms with Crippen molar-refractivity contribution in [2.75, 3.05) is 29.9 Å². The van der Waals surface area contributed by atoms with Crippen LogP contribution in [0.1, 0.15) is 35.4 Å². The number of anilines is 2. The van der Waals surface area contributed by atoms with Crippen molar-refractivity contribution in [3.8, 4) is 0 Å². The number of aryl methyl sites for hydroxylation is 2. The number of benzene rings is 2. The largest absolute Gasteiger partial charge is 0.347 e. The van der Waals surface area contributed by atoms with Gasteiger partial charge in [0.1, 0.15) is 5.82 Å². The number of nitrogens with zero attached hydrogens (tertiary/aromatic N) is 3. The Morgan fingerprint density at radius 2 is 1.68 bits per heavy atom. The van der Waals surface area contributed by atoms with Gasteiger partial charge in [0.05, 0.1) is 0 Å². The number of hydrogen-bond donors (Lipinski definition) is 2. The van der Waals surface area contributed by atoms with Crippen LogP contribution >= 0.6 is 11.5 Å². The summed E-state index contributed by atoms with van der Waals surface area (Å²) >= 11 is 1.49. The smallest absolute Gasteiger partial charge is 0.319 e. The molecule has 4 rings (SSSR count). The van der Waals surface area contributed by atoms with Crippen molar-refractivity contribution in [1.82, 2.24) is 14.7 Å². The lowest BCUT2D eigenvalue weighted by molar-refractivity contribution is 0.248. The van der Waals surface area contributed by atoms with E-state index in [9.17, 15) is 4.79 Å². The number of hydrogen-bond acceptors (Lipinski definition) is 5. The predicted octanol–water partition coefficient (Wildman–Crippen LogP) is 4.78. The highest BCUT2D eigenvalue weighted by Crippen LogP contribution is 2.25.